The number of amides is 1. The number of hydrogen-bond acceptors (Lipinski definition) is 2. The van der Waals surface area contributed by atoms with Crippen molar-refractivity contribution in [3.05, 3.63) is 58.7 Å². The third-order valence-corrected chi connectivity index (χ3v) is 6.77. The van der Waals surface area contributed by atoms with Gasteiger partial charge < -0.3 is 4.90 Å². The first-order valence-electron chi connectivity index (χ1n) is 11.0. The van der Waals surface area contributed by atoms with Gasteiger partial charge >= 0.3 is 0 Å². The summed E-state index contributed by atoms with van der Waals surface area (Å²) in [4.78, 5) is 16.9. The van der Waals surface area contributed by atoms with Gasteiger partial charge in [-0.1, -0.05) is 41.5 Å². The molecule has 0 spiro atoms. The van der Waals surface area contributed by atoms with Crippen LogP contribution in [0.5, 0.6) is 0 Å². The second kappa shape index (κ2) is 9.69. The number of benzene rings is 2. The molecule has 0 aromatic heterocycles. The van der Waals surface area contributed by atoms with E-state index in [0.29, 0.717) is 21.9 Å². The van der Waals surface area contributed by atoms with Gasteiger partial charge in [-0.15, -0.1) is 6.42 Å². The van der Waals surface area contributed by atoms with Crippen LogP contribution in [0, 0.1) is 12.3 Å². The molecule has 0 bridgehead atoms. The fraction of sp³-hybridized carbons (Fsp3) is 0.385. The van der Waals surface area contributed by atoms with E-state index in [4.69, 9.17) is 18.6 Å². The van der Waals surface area contributed by atoms with Crippen LogP contribution in [0.25, 0.3) is 0 Å². The van der Waals surface area contributed by atoms with E-state index < -0.39 is 11.5 Å². The SMILES string of the molecule is C#Cc1ccc(N2C(=O)C(C)(C)N(c3ccc(CCCC)c(CC)c3)C2=S)cc1C(F)P. The average molecular weight is 469 g/mol. The first kappa shape index (κ1) is 24.4. The summed E-state index contributed by atoms with van der Waals surface area (Å²) >= 11 is 5.80. The Labute approximate surface area is 198 Å². The molecule has 168 valence electrons. The van der Waals surface area contributed by atoms with Gasteiger partial charge in [-0.2, -0.15) is 0 Å². The van der Waals surface area contributed by atoms with Crippen molar-refractivity contribution in [3.63, 3.8) is 0 Å². The monoisotopic (exact) mass is 468 g/mol. The number of carbonyl (C=O) groups excluding carboxylic acids is 1. The lowest BCUT2D eigenvalue weighted by Crippen LogP contribution is -2.44. The zero-order valence-electron chi connectivity index (χ0n) is 19.1. The Kier molecular flexibility index (Phi) is 7.38. The van der Waals surface area contributed by atoms with Gasteiger partial charge in [0.1, 0.15) is 11.5 Å². The van der Waals surface area contributed by atoms with E-state index in [1.165, 1.54) is 16.0 Å². The quantitative estimate of drug-likeness (QED) is 0.269. The summed E-state index contributed by atoms with van der Waals surface area (Å²) in [5.41, 5.74) is 3.94. The minimum absolute atomic E-state index is 0.158. The highest BCUT2D eigenvalue weighted by Crippen LogP contribution is 2.39. The molecule has 1 aliphatic rings. The molecule has 3 rings (SSSR count). The van der Waals surface area contributed by atoms with Crippen molar-refractivity contribution in [1.29, 1.82) is 0 Å². The first-order valence-corrected chi connectivity index (χ1v) is 12.1. The maximum Gasteiger partial charge on any atom is 0.259 e. The molecule has 1 saturated heterocycles. The predicted octanol–water partition coefficient (Wildman–Crippen LogP) is 6.33. The Bertz CT molecular complexity index is 1090. The Morgan fingerprint density at radius 3 is 2.44 bits per heavy atom. The van der Waals surface area contributed by atoms with Crippen molar-refractivity contribution in [3.8, 4) is 12.3 Å². The van der Waals surface area contributed by atoms with Gasteiger partial charge in [-0.3, -0.25) is 9.69 Å². The van der Waals surface area contributed by atoms with Crippen LogP contribution in [0.2, 0.25) is 0 Å². The molecule has 2 atom stereocenters. The van der Waals surface area contributed by atoms with Crippen LogP contribution in [0.1, 0.15) is 68.7 Å². The molecule has 0 aliphatic carbocycles. The summed E-state index contributed by atoms with van der Waals surface area (Å²) in [7, 11) is 2.11. The standard InChI is InChI=1S/C26H30FN2OPS/c1-6-9-10-19-12-14-21(15-18(19)8-3)29-25(32)28(24(30)26(29,4)5)20-13-11-17(7-2)22(16-20)23(27)31/h2,11-16,23H,6,8-10,31H2,1,3-5H3. The highest BCUT2D eigenvalue weighted by atomic mass is 32.1. The van der Waals surface area contributed by atoms with Gasteiger partial charge in [0.2, 0.25) is 0 Å². The number of alkyl halides is 1. The van der Waals surface area contributed by atoms with Crippen molar-refractivity contribution in [2.75, 3.05) is 9.80 Å². The smallest absolute Gasteiger partial charge is 0.259 e. The van der Waals surface area contributed by atoms with Crippen LogP contribution in [0.3, 0.4) is 0 Å². The van der Waals surface area contributed by atoms with E-state index in [1.54, 1.807) is 18.2 Å². The molecule has 2 unspecified atom stereocenters. The summed E-state index contributed by atoms with van der Waals surface area (Å²) in [6, 6.07) is 11.3. The lowest BCUT2D eigenvalue weighted by atomic mass is 9.97. The van der Waals surface area contributed by atoms with Crippen LogP contribution >= 0.6 is 21.5 Å². The third kappa shape index (κ3) is 4.32. The highest BCUT2D eigenvalue weighted by molar-refractivity contribution is 7.81. The molecule has 32 heavy (non-hydrogen) atoms. The molecular weight excluding hydrogens is 438 g/mol. The predicted molar refractivity (Wildman–Crippen MR) is 139 cm³/mol. The van der Waals surface area contributed by atoms with Crippen molar-refractivity contribution in [2.24, 2.45) is 0 Å². The summed E-state index contributed by atoms with van der Waals surface area (Å²) < 4.78 is 14.2. The molecule has 1 fully saturated rings. The third-order valence-electron chi connectivity index (χ3n) is 6.04. The second-order valence-electron chi connectivity index (χ2n) is 8.55. The maximum absolute atomic E-state index is 14.2. The van der Waals surface area contributed by atoms with Gasteiger partial charge in [-0.25, -0.2) is 4.39 Å². The Balaban J connectivity index is 2.05. The Morgan fingerprint density at radius 1 is 1.16 bits per heavy atom. The minimum Gasteiger partial charge on any atom is -0.304 e. The van der Waals surface area contributed by atoms with Crippen LogP contribution in [-0.2, 0) is 17.6 Å². The van der Waals surface area contributed by atoms with Crippen molar-refractivity contribution in [1.82, 2.24) is 0 Å². The van der Waals surface area contributed by atoms with E-state index in [2.05, 4.69) is 41.1 Å². The molecule has 2 aromatic carbocycles. The van der Waals surface area contributed by atoms with Gasteiger partial charge in [-0.05, 0) is 86.8 Å². The molecule has 0 N–H and O–H groups in total. The fourth-order valence-corrected chi connectivity index (χ4v) is 4.99. The number of hydrogen-bond donors (Lipinski definition) is 0. The average Bonchev–Trinajstić information content (AvgIpc) is 2.95. The van der Waals surface area contributed by atoms with Crippen molar-refractivity contribution in [2.45, 2.75) is 64.8 Å². The minimum atomic E-state index is -1.33. The number of aryl methyl sites for hydroxylation is 2. The van der Waals surface area contributed by atoms with Crippen LogP contribution in [-0.4, -0.2) is 16.6 Å². The summed E-state index contributed by atoms with van der Waals surface area (Å²) in [6.45, 7) is 8.06. The zero-order valence-corrected chi connectivity index (χ0v) is 21.1. The number of anilines is 2. The molecule has 1 amide bonds. The number of carbonyl (C=O) groups is 1. The molecular formula is C26H30FN2OPS. The fourth-order valence-electron chi connectivity index (χ4n) is 4.20. The van der Waals surface area contributed by atoms with Gasteiger partial charge in [0.05, 0.1) is 5.69 Å². The molecule has 0 saturated carbocycles. The molecule has 2 aromatic rings. The zero-order chi connectivity index (χ0) is 23.6. The van der Waals surface area contributed by atoms with E-state index in [1.807, 2.05) is 24.8 Å². The van der Waals surface area contributed by atoms with Crippen LogP contribution in [0.4, 0.5) is 15.8 Å². The largest absolute Gasteiger partial charge is 0.304 e. The Hall–Kier alpha value is -2.28. The normalized spacial score (nSPS) is 16.4. The van der Waals surface area contributed by atoms with Crippen LogP contribution in [0.15, 0.2) is 36.4 Å². The number of nitrogens with zero attached hydrogens (tertiary/aromatic N) is 2. The summed E-state index contributed by atoms with van der Waals surface area (Å²) in [5.74, 6) is 1.01. The van der Waals surface area contributed by atoms with E-state index in [-0.39, 0.29) is 5.91 Å². The van der Waals surface area contributed by atoms with Crippen LogP contribution < -0.4 is 9.80 Å². The maximum atomic E-state index is 14.2. The van der Waals surface area contributed by atoms with Crippen molar-refractivity contribution < 1.29 is 9.18 Å². The van der Waals surface area contributed by atoms with Crippen molar-refractivity contribution >= 4 is 43.9 Å². The lowest BCUT2D eigenvalue weighted by Gasteiger charge is -2.30. The molecule has 6 heteroatoms. The molecule has 3 nitrogen and oxygen atoms in total. The number of unbranched alkanes of at least 4 members (excludes halogenated alkanes) is 1. The number of terminal acetylenes is 1. The van der Waals surface area contributed by atoms with E-state index >= 15 is 0 Å². The number of rotatable bonds is 7. The Morgan fingerprint density at radius 2 is 1.84 bits per heavy atom. The van der Waals surface area contributed by atoms with Gasteiger partial charge in [0, 0.05) is 16.8 Å². The molecule has 0 radical (unpaired) electrons. The first-order chi connectivity index (χ1) is 15.2. The van der Waals surface area contributed by atoms with Gasteiger partial charge in [0.25, 0.3) is 5.91 Å². The highest BCUT2D eigenvalue weighted by Gasteiger charge is 2.50. The number of halogens is 1. The van der Waals surface area contributed by atoms with Gasteiger partial charge in [0.15, 0.2) is 5.11 Å². The molecule has 1 aliphatic heterocycles. The number of thiocarbonyl (C=S) groups is 1. The van der Waals surface area contributed by atoms with E-state index in [0.717, 1.165) is 31.4 Å². The van der Waals surface area contributed by atoms with E-state index in [9.17, 15) is 9.18 Å². The lowest BCUT2D eigenvalue weighted by molar-refractivity contribution is -0.120. The second-order valence-corrected chi connectivity index (χ2v) is 9.50. The summed E-state index contributed by atoms with van der Waals surface area (Å²) in [6.07, 6.45) is 9.77. The summed E-state index contributed by atoms with van der Waals surface area (Å²) in [5, 5.41) is 0.377. The molecule has 1 heterocycles. The topological polar surface area (TPSA) is 23.6 Å².